The van der Waals surface area contributed by atoms with Crippen LogP contribution in [0, 0.1) is 11.8 Å². The molecule has 1 heterocycles. The van der Waals surface area contributed by atoms with E-state index < -0.39 is 5.97 Å². The Morgan fingerprint density at radius 1 is 1.15 bits per heavy atom. The van der Waals surface area contributed by atoms with Crippen LogP contribution in [0.1, 0.15) is 52.4 Å². The summed E-state index contributed by atoms with van der Waals surface area (Å²) in [5.74, 6) is -0.826. The van der Waals surface area contributed by atoms with Crippen molar-refractivity contribution >= 4 is 11.9 Å². The van der Waals surface area contributed by atoms with Gasteiger partial charge in [-0.1, -0.05) is 23.3 Å². The maximum Gasteiger partial charge on any atom is 0.331 e. The van der Waals surface area contributed by atoms with Crippen LogP contribution in [0.5, 0.6) is 0 Å². The Labute approximate surface area is 162 Å². The minimum atomic E-state index is -0.828. The summed E-state index contributed by atoms with van der Waals surface area (Å²) in [5.41, 5.74) is 2.88. The number of allylic oxidation sites excluding steroid dienone is 4. The third-order valence-corrected chi connectivity index (χ3v) is 5.49. The Kier molecular flexibility index (Phi) is 7.84. The third kappa shape index (κ3) is 6.35. The molecule has 5 nitrogen and oxygen atoms in total. The zero-order valence-corrected chi connectivity index (χ0v) is 17.0. The summed E-state index contributed by atoms with van der Waals surface area (Å²) >= 11 is 0. The van der Waals surface area contributed by atoms with Gasteiger partial charge in [-0.05, 0) is 72.5 Å². The number of carbonyl (C=O) groups is 2. The molecule has 1 N–H and O–H groups in total. The molecule has 1 aliphatic carbocycles. The predicted molar refractivity (Wildman–Crippen MR) is 106 cm³/mol. The standard InChI is InChI=1S/C22H33NO4/c1-15-7-5-9-17(21(24)25)10-6-8-16(2)13-20-18(12-11-15)19(14-23(3)4)22(26)27-20/h7,10,13,18-20H,5-6,8-9,11-12,14H2,1-4H3,(H,24,25)/b15-7-,16-13-,17-10-/t18-,19-,20-/m0/s1. The number of ether oxygens (including phenoxy) is 1. The first-order chi connectivity index (χ1) is 12.8. The lowest BCUT2D eigenvalue weighted by Gasteiger charge is -2.22. The number of fused-ring (bicyclic) bond motifs is 1. The fourth-order valence-electron chi connectivity index (χ4n) is 3.94. The highest BCUT2D eigenvalue weighted by Crippen LogP contribution is 2.35. The van der Waals surface area contributed by atoms with E-state index in [2.05, 4.69) is 24.0 Å². The van der Waals surface area contributed by atoms with Gasteiger partial charge in [0.25, 0.3) is 0 Å². The van der Waals surface area contributed by atoms with E-state index in [-0.39, 0.29) is 23.9 Å². The van der Waals surface area contributed by atoms with Crippen LogP contribution in [0.4, 0.5) is 0 Å². The van der Waals surface area contributed by atoms with E-state index in [1.54, 1.807) is 0 Å². The van der Waals surface area contributed by atoms with Crippen molar-refractivity contribution in [3.63, 3.8) is 0 Å². The van der Waals surface area contributed by atoms with E-state index in [0.29, 0.717) is 25.0 Å². The molecule has 2 rings (SSSR count). The van der Waals surface area contributed by atoms with Gasteiger partial charge in [0.15, 0.2) is 0 Å². The summed E-state index contributed by atoms with van der Waals surface area (Å²) < 4.78 is 5.73. The van der Waals surface area contributed by atoms with Gasteiger partial charge in [-0.2, -0.15) is 0 Å². The SMILES string of the molecule is C/C1=C/[C@@H]2OC(=O)[C@@H](CN(C)C)[C@@H]2CC/C(C)=C\CC/C(C(=O)O)=C/CC1. The first-order valence-electron chi connectivity index (χ1n) is 9.88. The molecule has 3 atom stereocenters. The lowest BCUT2D eigenvalue weighted by Crippen LogP contribution is -2.30. The van der Waals surface area contributed by atoms with Crippen LogP contribution in [0.25, 0.3) is 0 Å². The fourth-order valence-corrected chi connectivity index (χ4v) is 3.94. The van der Waals surface area contributed by atoms with Crippen molar-refractivity contribution in [3.8, 4) is 0 Å². The first-order valence-corrected chi connectivity index (χ1v) is 9.88. The minimum Gasteiger partial charge on any atom is -0.478 e. The molecule has 1 fully saturated rings. The lowest BCUT2D eigenvalue weighted by atomic mass is 9.84. The van der Waals surface area contributed by atoms with Gasteiger partial charge in [0.05, 0.1) is 5.92 Å². The molecule has 0 saturated carbocycles. The molecule has 2 aliphatic rings. The number of rotatable bonds is 3. The molecule has 0 aromatic rings. The zero-order chi connectivity index (χ0) is 20.0. The molecule has 0 bridgehead atoms. The van der Waals surface area contributed by atoms with Crippen molar-refractivity contribution in [2.75, 3.05) is 20.6 Å². The smallest absolute Gasteiger partial charge is 0.331 e. The van der Waals surface area contributed by atoms with Crippen LogP contribution in [0.2, 0.25) is 0 Å². The minimum absolute atomic E-state index is 0.0896. The van der Waals surface area contributed by atoms with Gasteiger partial charge in [-0.3, -0.25) is 4.79 Å². The van der Waals surface area contributed by atoms with Gasteiger partial charge in [0.1, 0.15) is 6.10 Å². The molecule has 0 spiro atoms. The van der Waals surface area contributed by atoms with E-state index in [0.717, 1.165) is 31.3 Å². The Morgan fingerprint density at radius 3 is 2.52 bits per heavy atom. The molecule has 0 aromatic heterocycles. The largest absolute Gasteiger partial charge is 0.478 e. The number of carbonyl (C=O) groups excluding carboxylic acids is 1. The number of nitrogens with zero attached hydrogens (tertiary/aromatic N) is 1. The van der Waals surface area contributed by atoms with E-state index in [1.165, 1.54) is 5.57 Å². The van der Waals surface area contributed by atoms with E-state index in [4.69, 9.17) is 4.74 Å². The quantitative estimate of drug-likeness (QED) is 0.597. The summed E-state index contributed by atoms with van der Waals surface area (Å²) in [7, 11) is 3.98. The Balaban J connectivity index is 2.25. The Bertz CT molecular complexity index is 645. The molecular formula is C22H33NO4. The zero-order valence-electron chi connectivity index (χ0n) is 17.0. The average Bonchev–Trinajstić information content (AvgIpc) is 2.85. The summed E-state index contributed by atoms with van der Waals surface area (Å²) in [6.07, 6.45) is 10.5. The van der Waals surface area contributed by atoms with Crippen LogP contribution < -0.4 is 0 Å². The predicted octanol–water partition coefficient (Wildman–Crippen LogP) is 3.96. The maximum atomic E-state index is 12.5. The van der Waals surface area contributed by atoms with E-state index in [1.807, 2.05) is 27.1 Å². The summed E-state index contributed by atoms with van der Waals surface area (Å²) in [6.45, 7) is 4.83. The molecule has 27 heavy (non-hydrogen) atoms. The second-order valence-electron chi connectivity index (χ2n) is 8.15. The molecule has 0 radical (unpaired) electrons. The third-order valence-electron chi connectivity index (χ3n) is 5.49. The molecule has 150 valence electrons. The van der Waals surface area contributed by atoms with Crippen molar-refractivity contribution in [2.24, 2.45) is 11.8 Å². The monoisotopic (exact) mass is 375 g/mol. The highest BCUT2D eigenvalue weighted by molar-refractivity contribution is 5.86. The van der Waals surface area contributed by atoms with E-state index in [9.17, 15) is 14.7 Å². The van der Waals surface area contributed by atoms with Crippen LogP contribution in [-0.2, 0) is 14.3 Å². The van der Waals surface area contributed by atoms with Crippen molar-refractivity contribution < 1.29 is 19.4 Å². The Hall–Kier alpha value is -1.88. The maximum absolute atomic E-state index is 12.5. The second kappa shape index (κ2) is 9.88. The van der Waals surface area contributed by atoms with Crippen LogP contribution >= 0.6 is 0 Å². The van der Waals surface area contributed by atoms with Crippen LogP contribution in [0.3, 0.4) is 0 Å². The number of esters is 1. The van der Waals surface area contributed by atoms with Crippen molar-refractivity contribution in [1.82, 2.24) is 4.90 Å². The van der Waals surface area contributed by atoms with Crippen molar-refractivity contribution in [2.45, 2.75) is 58.5 Å². The summed E-state index contributed by atoms with van der Waals surface area (Å²) in [6, 6.07) is 0. The van der Waals surface area contributed by atoms with Crippen molar-refractivity contribution in [1.29, 1.82) is 0 Å². The molecular weight excluding hydrogens is 342 g/mol. The van der Waals surface area contributed by atoms with Gasteiger partial charge in [0.2, 0.25) is 0 Å². The van der Waals surface area contributed by atoms with Crippen LogP contribution in [-0.4, -0.2) is 48.7 Å². The summed E-state index contributed by atoms with van der Waals surface area (Å²) in [4.78, 5) is 25.9. The number of hydrogen-bond acceptors (Lipinski definition) is 4. The molecule has 5 heteroatoms. The topological polar surface area (TPSA) is 66.8 Å². The number of carboxylic acids is 1. The summed E-state index contributed by atoms with van der Waals surface area (Å²) in [5, 5.41) is 9.36. The Morgan fingerprint density at radius 2 is 1.85 bits per heavy atom. The van der Waals surface area contributed by atoms with E-state index >= 15 is 0 Å². The van der Waals surface area contributed by atoms with Gasteiger partial charge in [-0.25, -0.2) is 4.79 Å². The lowest BCUT2D eigenvalue weighted by molar-refractivity contribution is -0.143. The first kappa shape index (κ1) is 21.4. The molecule has 0 aromatic carbocycles. The van der Waals surface area contributed by atoms with Gasteiger partial charge in [-0.15, -0.1) is 0 Å². The van der Waals surface area contributed by atoms with Gasteiger partial charge >= 0.3 is 11.9 Å². The molecule has 1 saturated heterocycles. The second-order valence-corrected chi connectivity index (χ2v) is 8.15. The molecule has 0 amide bonds. The highest BCUT2D eigenvalue weighted by atomic mass is 16.6. The number of carboxylic acid groups (broad SMARTS) is 1. The average molecular weight is 376 g/mol. The molecule has 0 unspecified atom stereocenters. The van der Waals surface area contributed by atoms with Crippen molar-refractivity contribution in [3.05, 3.63) is 34.9 Å². The van der Waals surface area contributed by atoms with Gasteiger partial charge < -0.3 is 14.7 Å². The number of hydrogen-bond donors (Lipinski definition) is 1. The molecule has 1 aliphatic heterocycles. The normalized spacial score (nSPS) is 33.6. The van der Waals surface area contributed by atoms with Crippen LogP contribution in [0.15, 0.2) is 34.9 Å². The van der Waals surface area contributed by atoms with Gasteiger partial charge in [0, 0.05) is 18.0 Å². The number of aliphatic carboxylic acids is 1. The fraction of sp³-hybridized carbons (Fsp3) is 0.636. The highest BCUT2D eigenvalue weighted by Gasteiger charge is 2.43.